The van der Waals surface area contributed by atoms with Crippen molar-refractivity contribution in [1.82, 2.24) is 0 Å². The van der Waals surface area contributed by atoms with E-state index in [2.05, 4.69) is 17.9 Å². The van der Waals surface area contributed by atoms with Crippen LogP contribution in [-0.4, -0.2) is 28.8 Å². The fourth-order valence-electron chi connectivity index (χ4n) is 2.76. The normalized spacial score (nSPS) is 24.1. The molecule has 1 aromatic carbocycles. The molecule has 0 aromatic heterocycles. The number of benzene rings is 1. The van der Waals surface area contributed by atoms with Crippen LogP contribution in [0.1, 0.15) is 37.3 Å². The molecule has 0 aliphatic carbocycles. The maximum absolute atomic E-state index is 10.2. The first kappa shape index (κ1) is 14.3. The fourth-order valence-corrected chi connectivity index (χ4v) is 2.93. The van der Waals surface area contributed by atoms with E-state index in [9.17, 15) is 5.11 Å². The number of anilines is 1. The van der Waals surface area contributed by atoms with Crippen LogP contribution in [0.25, 0.3) is 0 Å². The van der Waals surface area contributed by atoms with Crippen molar-refractivity contribution in [2.24, 2.45) is 5.73 Å². The van der Waals surface area contributed by atoms with Crippen LogP contribution in [0, 0.1) is 6.92 Å². The van der Waals surface area contributed by atoms with Gasteiger partial charge in [0.25, 0.3) is 0 Å². The lowest BCUT2D eigenvalue weighted by Crippen LogP contribution is -2.30. The van der Waals surface area contributed by atoms with Gasteiger partial charge in [0.15, 0.2) is 0 Å². The van der Waals surface area contributed by atoms with E-state index in [4.69, 9.17) is 18.0 Å². The summed E-state index contributed by atoms with van der Waals surface area (Å²) in [4.78, 5) is 2.75. The van der Waals surface area contributed by atoms with E-state index in [0.717, 1.165) is 43.6 Å². The highest BCUT2D eigenvalue weighted by Gasteiger charge is 2.26. The van der Waals surface area contributed by atoms with E-state index in [1.807, 2.05) is 19.1 Å². The monoisotopic (exact) mass is 278 g/mol. The zero-order valence-corrected chi connectivity index (χ0v) is 12.5. The van der Waals surface area contributed by atoms with Gasteiger partial charge in [-0.1, -0.05) is 24.4 Å². The summed E-state index contributed by atoms with van der Waals surface area (Å²) < 4.78 is 0. The van der Waals surface area contributed by atoms with Gasteiger partial charge in [-0.2, -0.15) is 0 Å². The maximum Gasteiger partial charge on any atom is 0.106 e. The van der Waals surface area contributed by atoms with E-state index < -0.39 is 5.60 Å². The number of para-hydroxylation sites is 1. The lowest BCUT2D eigenvalue weighted by atomic mass is 9.98. The van der Waals surface area contributed by atoms with Crippen LogP contribution >= 0.6 is 12.2 Å². The lowest BCUT2D eigenvalue weighted by molar-refractivity contribution is 0.0481. The molecule has 1 aliphatic heterocycles. The average molecular weight is 278 g/mol. The quantitative estimate of drug-likeness (QED) is 0.816. The number of nitrogens with two attached hydrogens (primary N) is 1. The third-order valence-corrected chi connectivity index (χ3v) is 4.10. The van der Waals surface area contributed by atoms with Crippen LogP contribution in [0.3, 0.4) is 0 Å². The molecular formula is C15H22N2OS. The van der Waals surface area contributed by atoms with Gasteiger partial charge in [0.1, 0.15) is 4.99 Å². The van der Waals surface area contributed by atoms with E-state index in [1.165, 1.54) is 5.56 Å². The summed E-state index contributed by atoms with van der Waals surface area (Å²) in [5.41, 5.74) is 8.54. The highest BCUT2D eigenvalue weighted by molar-refractivity contribution is 7.80. The van der Waals surface area contributed by atoms with Crippen LogP contribution in [-0.2, 0) is 0 Å². The van der Waals surface area contributed by atoms with E-state index in [0.29, 0.717) is 4.99 Å². The summed E-state index contributed by atoms with van der Waals surface area (Å²) in [6, 6.07) is 6.05. The number of rotatable bonds is 2. The number of aliphatic hydroxyl groups is 1. The number of aryl methyl sites for hydroxylation is 1. The number of thiocarbonyl (C=S) groups is 1. The molecule has 0 spiro atoms. The van der Waals surface area contributed by atoms with Crippen molar-refractivity contribution in [2.45, 2.75) is 38.7 Å². The van der Waals surface area contributed by atoms with Gasteiger partial charge in [-0.15, -0.1) is 0 Å². The molecule has 3 N–H and O–H groups in total. The molecule has 1 aromatic rings. The molecule has 0 radical (unpaired) electrons. The molecule has 1 saturated heterocycles. The molecule has 0 bridgehead atoms. The minimum Gasteiger partial charge on any atom is -0.390 e. The highest BCUT2D eigenvalue weighted by Crippen LogP contribution is 2.30. The summed E-state index contributed by atoms with van der Waals surface area (Å²) in [6.45, 7) is 5.78. The zero-order valence-electron chi connectivity index (χ0n) is 11.6. The van der Waals surface area contributed by atoms with Gasteiger partial charge in [-0.25, -0.2) is 0 Å². The summed E-state index contributed by atoms with van der Waals surface area (Å²) >= 11 is 5.16. The molecule has 1 fully saturated rings. The Morgan fingerprint density at radius 1 is 1.37 bits per heavy atom. The predicted octanol–water partition coefficient (Wildman–Crippen LogP) is 2.37. The Morgan fingerprint density at radius 2 is 2.11 bits per heavy atom. The lowest BCUT2D eigenvalue weighted by Gasteiger charge is -2.28. The average Bonchev–Trinajstić information content (AvgIpc) is 2.50. The van der Waals surface area contributed by atoms with Gasteiger partial charge in [0, 0.05) is 24.3 Å². The maximum atomic E-state index is 10.2. The van der Waals surface area contributed by atoms with Crippen molar-refractivity contribution >= 4 is 22.9 Å². The first-order valence-electron chi connectivity index (χ1n) is 6.77. The third kappa shape index (κ3) is 3.25. The summed E-state index contributed by atoms with van der Waals surface area (Å²) in [7, 11) is 0. The second-order valence-electron chi connectivity index (χ2n) is 5.67. The molecule has 3 nitrogen and oxygen atoms in total. The van der Waals surface area contributed by atoms with Crippen LogP contribution in [0.15, 0.2) is 18.2 Å². The zero-order chi connectivity index (χ0) is 14.0. The summed E-state index contributed by atoms with van der Waals surface area (Å²) in [6.07, 6.45) is 2.61. The molecule has 0 amide bonds. The van der Waals surface area contributed by atoms with E-state index in [1.54, 1.807) is 0 Å². The van der Waals surface area contributed by atoms with Crippen molar-refractivity contribution in [3.05, 3.63) is 29.3 Å². The molecular weight excluding hydrogens is 256 g/mol. The summed E-state index contributed by atoms with van der Waals surface area (Å²) in [5, 5.41) is 10.2. The Bertz CT molecular complexity index is 485. The van der Waals surface area contributed by atoms with Crippen molar-refractivity contribution in [1.29, 1.82) is 0 Å². The van der Waals surface area contributed by atoms with Gasteiger partial charge < -0.3 is 15.7 Å². The van der Waals surface area contributed by atoms with Crippen molar-refractivity contribution < 1.29 is 5.11 Å². The first-order valence-corrected chi connectivity index (χ1v) is 7.18. The first-order chi connectivity index (χ1) is 8.91. The van der Waals surface area contributed by atoms with Crippen molar-refractivity contribution in [3.8, 4) is 0 Å². The Morgan fingerprint density at radius 3 is 2.79 bits per heavy atom. The highest BCUT2D eigenvalue weighted by atomic mass is 32.1. The number of hydrogen-bond acceptors (Lipinski definition) is 3. The van der Waals surface area contributed by atoms with Crippen LogP contribution < -0.4 is 10.6 Å². The standard InChI is InChI=1S/C15H22N2OS/c1-11-5-3-6-12(14(16)19)13(11)17-9-4-7-15(2,18)8-10-17/h3,5-6,18H,4,7-10H2,1-2H3,(H2,16,19). The number of nitrogens with zero attached hydrogens (tertiary/aromatic N) is 1. The third-order valence-electron chi connectivity index (χ3n) is 3.88. The Kier molecular flexibility index (Phi) is 4.11. The van der Waals surface area contributed by atoms with Gasteiger partial charge in [-0.05, 0) is 44.7 Å². The molecule has 1 aliphatic rings. The van der Waals surface area contributed by atoms with Crippen LogP contribution in [0.4, 0.5) is 5.69 Å². The Labute approximate surface area is 120 Å². The molecule has 4 heteroatoms. The van der Waals surface area contributed by atoms with Gasteiger partial charge in [0.05, 0.1) is 5.60 Å². The molecule has 2 rings (SSSR count). The molecule has 1 heterocycles. The van der Waals surface area contributed by atoms with Crippen LogP contribution in [0.5, 0.6) is 0 Å². The molecule has 0 saturated carbocycles. The van der Waals surface area contributed by atoms with Crippen molar-refractivity contribution in [3.63, 3.8) is 0 Å². The predicted molar refractivity (Wildman–Crippen MR) is 83.8 cm³/mol. The van der Waals surface area contributed by atoms with Gasteiger partial charge in [-0.3, -0.25) is 0 Å². The second kappa shape index (κ2) is 5.47. The Balaban J connectivity index is 2.33. The minimum atomic E-state index is -0.555. The topological polar surface area (TPSA) is 49.5 Å². The molecule has 19 heavy (non-hydrogen) atoms. The van der Waals surface area contributed by atoms with E-state index in [-0.39, 0.29) is 0 Å². The van der Waals surface area contributed by atoms with Gasteiger partial charge >= 0.3 is 0 Å². The fraction of sp³-hybridized carbons (Fsp3) is 0.533. The molecule has 1 unspecified atom stereocenters. The second-order valence-corrected chi connectivity index (χ2v) is 6.11. The summed E-state index contributed by atoms with van der Waals surface area (Å²) in [5.74, 6) is 0. The van der Waals surface area contributed by atoms with Crippen molar-refractivity contribution in [2.75, 3.05) is 18.0 Å². The molecule has 104 valence electrons. The molecule has 1 atom stereocenters. The van der Waals surface area contributed by atoms with E-state index >= 15 is 0 Å². The SMILES string of the molecule is Cc1cccc(C(N)=S)c1N1CCCC(C)(O)CC1. The minimum absolute atomic E-state index is 0.440. The smallest absolute Gasteiger partial charge is 0.106 e. The Hall–Kier alpha value is -1.13. The number of hydrogen-bond donors (Lipinski definition) is 2. The van der Waals surface area contributed by atoms with Gasteiger partial charge in [0.2, 0.25) is 0 Å². The van der Waals surface area contributed by atoms with Crippen LogP contribution in [0.2, 0.25) is 0 Å². The largest absolute Gasteiger partial charge is 0.390 e.